The van der Waals surface area contributed by atoms with Gasteiger partial charge >= 0.3 is 0 Å². The Labute approximate surface area is 185 Å². The second-order valence-corrected chi connectivity index (χ2v) is 7.74. The fourth-order valence-corrected chi connectivity index (χ4v) is 4.06. The molecule has 3 heterocycles. The van der Waals surface area contributed by atoms with E-state index < -0.39 is 5.82 Å². The summed E-state index contributed by atoms with van der Waals surface area (Å²) in [6.45, 7) is 3.16. The third-order valence-corrected chi connectivity index (χ3v) is 5.84. The minimum absolute atomic E-state index is 0.335. The molecule has 1 saturated heterocycles. The molecule has 1 aliphatic heterocycles. The van der Waals surface area contributed by atoms with Crippen molar-refractivity contribution in [1.29, 1.82) is 0 Å². The van der Waals surface area contributed by atoms with E-state index in [0.717, 1.165) is 26.2 Å². The fourth-order valence-electron chi connectivity index (χ4n) is 4.06. The number of ether oxygens (including phenoxy) is 1. The average molecular weight is 433 g/mol. The lowest BCUT2D eigenvalue weighted by Gasteiger charge is -2.36. The van der Waals surface area contributed by atoms with E-state index in [9.17, 15) is 4.39 Å². The maximum Gasteiger partial charge on any atom is 0.228 e. The van der Waals surface area contributed by atoms with Crippen LogP contribution in [0, 0.1) is 5.82 Å². The molecule has 2 aromatic heterocycles. The van der Waals surface area contributed by atoms with Crippen LogP contribution in [0.5, 0.6) is 5.75 Å². The SMILES string of the molecule is COc1ccc(-c2nc(N3CCN(c4ccccc4)CC3)nc3nn(C)c(N)c23)c(F)c1. The molecular formula is C23H24FN7O. The van der Waals surface area contributed by atoms with Crippen LogP contribution >= 0.6 is 0 Å². The number of aryl methyl sites for hydroxylation is 1. The van der Waals surface area contributed by atoms with E-state index in [4.69, 9.17) is 15.5 Å². The molecule has 0 aliphatic carbocycles. The van der Waals surface area contributed by atoms with Crippen molar-refractivity contribution in [3.05, 3.63) is 54.3 Å². The van der Waals surface area contributed by atoms with Gasteiger partial charge in [-0.25, -0.2) is 9.37 Å². The van der Waals surface area contributed by atoms with Gasteiger partial charge in [0.15, 0.2) is 5.65 Å². The maximum atomic E-state index is 15.0. The van der Waals surface area contributed by atoms with Crippen LogP contribution in [-0.4, -0.2) is 53.0 Å². The Balaban J connectivity index is 1.53. The van der Waals surface area contributed by atoms with Crippen LogP contribution < -0.4 is 20.3 Å². The number of nitrogen functional groups attached to an aromatic ring is 1. The monoisotopic (exact) mass is 433 g/mol. The zero-order valence-corrected chi connectivity index (χ0v) is 18.0. The summed E-state index contributed by atoms with van der Waals surface area (Å²) in [5, 5.41) is 4.98. The molecule has 0 amide bonds. The molecule has 32 heavy (non-hydrogen) atoms. The number of para-hydroxylation sites is 1. The topological polar surface area (TPSA) is 85.3 Å². The number of rotatable bonds is 4. The van der Waals surface area contributed by atoms with E-state index in [0.29, 0.717) is 39.8 Å². The lowest BCUT2D eigenvalue weighted by atomic mass is 10.1. The van der Waals surface area contributed by atoms with Gasteiger partial charge in [-0.15, -0.1) is 0 Å². The molecule has 8 nitrogen and oxygen atoms in total. The van der Waals surface area contributed by atoms with Gasteiger partial charge < -0.3 is 20.3 Å². The van der Waals surface area contributed by atoms with Gasteiger partial charge in [0.05, 0.1) is 18.2 Å². The molecule has 2 aromatic carbocycles. The molecule has 0 atom stereocenters. The maximum absolute atomic E-state index is 15.0. The molecule has 0 saturated carbocycles. The second-order valence-electron chi connectivity index (χ2n) is 7.74. The van der Waals surface area contributed by atoms with E-state index in [-0.39, 0.29) is 0 Å². The Morgan fingerprint density at radius 3 is 2.38 bits per heavy atom. The first-order chi connectivity index (χ1) is 15.5. The molecule has 1 aliphatic rings. The Morgan fingerprint density at radius 1 is 0.969 bits per heavy atom. The zero-order valence-electron chi connectivity index (χ0n) is 18.0. The highest BCUT2D eigenvalue weighted by Crippen LogP contribution is 2.34. The first-order valence-electron chi connectivity index (χ1n) is 10.4. The highest BCUT2D eigenvalue weighted by atomic mass is 19.1. The predicted molar refractivity (Wildman–Crippen MR) is 124 cm³/mol. The standard InChI is InChI=1S/C23H24FN7O/c1-29-21(25)19-20(17-9-8-16(32-2)14-18(17)24)26-23(27-22(19)28-29)31-12-10-30(11-13-31)15-6-4-3-5-7-15/h3-9,14H,10-13,25H2,1-2H3. The first-order valence-corrected chi connectivity index (χ1v) is 10.4. The van der Waals surface area contributed by atoms with Crippen LogP contribution in [0.2, 0.25) is 0 Å². The molecule has 2 N–H and O–H groups in total. The normalized spacial score (nSPS) is 14.2. The number of nitrogens with two attached hydrogens (primary N) is 1. The number of hydrogen-bond donors (Lipinski definition) is 1. The van der Waals surface area contributed by atoms with Crippen molar-refractivity contribution in [2.24, 2.45) is 7.05 Å². The van der Waals surface area contributed by atoms with Crippen LogP contribution in [0.3, 0.4) is 0 Å². The van der Waals surface area contributed by atoms with Crippen LogP contribution in [-0.2, 0) is 7.05 Å². The van der Waals surface area contributed by atoms with Crippen molar-refractivity contribution in [3.8, 4) is 17.0 Å². The van der Waals surface area contributed by atoms with Crippen molar-refractivity contribution in [2.75, 3.05) is 48.8 Å². The predicted octanol–water partition coefficient (Wildman–Crippen LogP) is 3.09. The Kier molecular flexibility index (Phi) is 5.01. The van der Waals surface area contributed by atoms with Crippen molar-refractivity contribution < 1.29 is 9.13 Å². The van der Waals surface area contributed by atoms with E-state index in [1.165, 1.54) is 18.9 Å². The quantitative estimate of drug-likeness (QED) is 0.529. The number of anilines is 3. The van der Waals surface area contributed by atoms with Gasteiger partial charge in [0.1, 0.15) is 17.4 Å². The minimum Gasteiger partial charge on any atom is -0.497 e. The molecule has 0 unspecified atom stereocenters. The van der Waals surface area contributed by atoms with Crippen molar-refractivity contribution in [3.63, 3.8) is 0 Å². The molecule has 5 rings (SSSR count). The summed E-state index contributed by atoms with van der Waals surface area (Å²) >= 11 is 0. The molecule has 0 bridgehead atoms. The van der Waals surface area contributed by atoms with Crippen molar-refractivity contribution >= 4 is 28.5 Å². The van der Waals surface area contributed by atoms with Crippen LogP contribution in [0.25, 0.3) is 22.3 Å². The largest absolute Gasteiger partial charge is 0.497 e. The summed E-state index contributed by atoms with van der Waals surface area (Å²) in [4.78, 5) is 13.9. The second kappa shape index (κ2) is 7.99. The zero-order chi connectivity index (χ0) is 22.2. The summed E-state index contributed by atoms with van der Waals surface area (Å²) in [7, 11) is 3.24. The number of nitrogens with zero attached hydrogens (tertiary/aromatic N) is 6. The third kappa shape index (κ3) is 3.45. The highest BCUT2D eigenvalue weighted by molar-refractivity contribution is 5.99. The summed E-state index contributed by atoms with van der Waals surface area (Å²) in [5.74, 6) is 0.916. The van der Waals surface area contributed by atoms with E-state index in [1.54, 1.807) is 23.9 Å². The van der Waals surface area contributed by atoms with Gasteiger partial charge in [0.25, 0.3) is 0 Å². The lowest BCUT2D eigenvalue weighted by molar-refractivity contribution is 0.411. The van der Waals surface area contributed by atoms with Gasteiger partial charge in [-0.05, 0) is 24.3 Å². The molecule has 0 radical (unpaired) electrons. The Hall–Kier alpha value is -3.88. The van der Waals surface area contributed by atoms with Crippen molar-refractivity contribution in [2.45, 2.75) is 0 Å². The van der Waals surface area contributed by atoms with Gasteiger partial charge in [0, 0.05) is 50.5 Å². The molecule has 0 spiro atoms. The molecule has 164 valence electrons. The minimum atomic E-state index is -0.438. The molecule has 1 fully saturated rings. The molecular weight excluding hydrogens is 409 g/mol. The third-order valence-electron chi connectivity index (χ3n) is 5.84. The van der Waals surface area contributed by atoms with E-state index >= 15 is 0 Å². The van der Waals surface area contributed by atoms with Gasteiger partial charge in [0.2, 0.25) is 5.95 Å². The summed E-state index contributed by atoms with van der Waals surface area (Å²) in [6, 6.07) is 15.0. The van der Waals surface area contributed by atoms with Crippen molar-refractivity contribution in [1.82, 2.24) is 19.7 Å². The summed E-state index contributed by atoms with van der Waals surface area (Å²) in [5.41, 5.74) is 8.66. The summed E-state index contributed by atoms with van der Waals surface area (Å²) in [6.07, 6.45) is 0. The van der Waals surface area contributed by atoms with Gasteiger partial charge in [-0.3, -0.25) is 4.68 Å². The first kappa shape index (κ1) is 20.0. The smallest absolute Gasteiger partial charge is 0.228 e. The van der Waals surface area contributed by atoms with Gasteiger partial charge in [-0.2, -0.15) is 10.1 Å². The van der Waals surface area contributed by atoms with E-state index in [2.05, 4.69) is 32.0 Å². The van der Waals surface area contributed by atoms with Gasteiger partial charge in [-0.1, -0.05) is 18.2 Å². The number of halogens is 1. The van der Waals surface area contributed by atoms with Crippen LogP contribution in [0.4, 0.5) is 21.8 Å². The van der Waals surface area contributed by atoms with Crippen LogP contribution in [0.15, 0.2) is 48.5 Å². The number of hydrogen-bond acceptors (Lipinski definition) is 7. The fraction of sp³-hybridized carbons (Fsp3) is 0.261. The number of piperazine rings is 1. The van der Waals surface area contributed by atoms with E-state index in [1.807, 2.05) is 18.2 Å². The molecule has 9 heteroatoms. The molecule has 4 aromatic rings. The number of methoxy groups -OCH3 is 1. The number of aromatic nitrogens is 4. The highest BCUT2D eigenvalue weighted by Gasteiger charge is 2.24. The number of fused-ring (bicyclic) bond motifs is 1. The van der Waals surface area contributed by atoms with Crippen LogP contribution in [0.1, 0.15) is 0 Å². The lowest BCUT2D eigenvalue weighted by Crippen LogP contribution is -2.47. The Morgan fingerprint density at radius 2 is 1.69 bits per heavy atom. The Bertz CT molecular complexity index is 1270. The summed E-state index contributed by atoms with van der Waals surface area (Å²) < 4.78 is 21.7. The average Bonchev–Trinajstić information content (AvgIpc) is 3.12. The number of benzene rings is 2.